The van der Waals surface area contributed by atoms with Crippen molar-refractivity contribution in [3.63, 3.8) is 0 Å². The zero-order valence-electron chi connectivity index (χ0n) is 23.6. The predicted octanol–water partition coefficient (Wildman–Crippen LogP) is 5.05. The molecule has 9 heteroatoms. The van der Waals surface area contributed by atoms with Gasteiger partial charge >= 0.3 is 0 Å². The van der Waals surface area contributed by atoms with E-state index in [1.54, 1.807) is 4.68 Å². The zero-order chi connectivity index (χ0) is 27.4. The Morgan fingerprint density at radius 3 is 2.76 bits per heavy atom. The van der Waals surface area contributed by atoms with Gasteiger partial charge in [-0.25, -0.2) is 4.98 Å². The molecule has 1 fully saturated rings. The summed E-state index contributed by atoms with van der Waals surface area (Å²) >= 11 is 0. The maximum absolute atomic E-state index is 6.46. The highest BCUT2D eigenvalue weighted by atomic mass is 15.4. The van der Waals surface area contributed by atoms with E-state index < -0.39 is 0 Å². The fourth-order valence-electron chi connectivity index (χ4n) is 7.65. The third kappa shape index (κ3) is 4.60. The van der Waals surface area contributed by atoms with Crippen LogP contribution in [-0.2, 0) is 24.7 Å². The molecule has 0 saturated heterocycles. The molecule has 9 rings (SSSR count). The van der Waals surface area contributed by atoms with Crippen molar-refractivity contribution in [3.05, 3.63) is 64.6 Å². The molecule has 2 atom stereocenters. The number of pyridine rings is 2. The summed E-state index contributed by atoms with van der Waals surface area (Å²) in [6, 6.07) is 5.60. The van der Waals surface area contributed by atoms with Crippen LogP contribution < -0.4 is 21.7 Å². The number of aromatic nitrogens is 5. The average molecular weight is 550 g/mol. The van der Waals surface area contributed by atoms with Crippen LogP contribution >= 0.6 is 0 Å². The summed E-state index contributed by atoms with van der Waals surface area (Å²) in [5, 5.41) is 15.7. The molecule has 2 bridgehead atoms. The summed E-state index contributed by atoms with van der Waals surface area (Å²) in [5.74, 6) is 1.51. The van der Waals surface area contributed by atoms with Crippen LogP contribution in [-0.4, -0.2) is 43.4 Å². The van der Waals surface area contributed by atoms with Gasteiger partial charge in [-0.2, -0.15) is 9.67 Å². The first-order valence-corrected chi connectivity index (χ1v) is 15.5. The number of hydrogen-bond donors (Lipinski definition) is 4. The number of rotatable bonds is 6. The van der Waals surface area contributed by atoms with Crippen LogP contribution in [0.1, 0.15) is 80.3 Å². The van der Waals surface area contributed by atoms with Crippen LogP contribution in [0.15, 0.2) is 42.1 Å². The van der Waals surface area contributed by atoms with Gasteiger partial charge in [0.1, 0.15) is 0 Å². The lowest BCUT2D eigenvalue weighted by Crippen LogP contribution is -2.40. The lowest BCUT2D eigenvalue weighted by molar-refractivity contribution is 0.393. The highest BCUT2D eigenvalue weighted by Gasteiger charge is 2.38. The van der Waals surface area contributed by atoms with Crippen LogP contribution in [0.5, 0.6) is 0 Å². The SMILES string of the molecule is Nc1nc(Nc2cnc3c(c2)CC(NC2CCCC2)CC3)nn1-c1cc(C23C=CC(=CC2)CC3)c2c(n1)CCCN2. The summed E-state index contributed by atoms with van der Waals surface area (Å²) in [5.41, 5.74) is 14.9. The second-order valence-electron chi connectivity index (χ2n) is 12.6. The Kier molecular flexibility index (Phi) is 6.09. The van der Waals surface area contributed by atoms with Gasteiger partial charge in [0.05, 0.1) is 23.3 Å². The molecule has 0 aromatic carbocycles. The standard InChI is InChI=1S/C32H39N9/c33-30-39-31(37-24-17-21-16-23(7-8-26(21)35-19-24)36-22-4-1-2-5-22)40-41(30)28-18-25(29-27(38-28)6-3-15-34-29)32-12-9-20(10-13-32)11-14-32/h9-10,12,17-19,22-23,34,36H,1-8,11,13-16H2,(H3,33,37,39,40). The quantitative estimate of drug-likeness (QED) is 0.337. The predicted molar refractivity (Wildman–Crippen MR) is 162 cm³/mol. The maximum Gasteiger partial charge on any atom is 0.248 e. The number of nitrogens with two attached hydrogens (primary N) is 1. The summed E-state index contributed by atoms with van der Waals surface area (Å²) in [6.07, 6.45) is 22.8. The summed E-state index contributed by atoms with van der Waals surface area (Å²) in [6.45, 7) is 0.980. The maximum atomic E-state index is 6.46. The molecule has 4 heterocycles. The van der Waals surface area contributed by atoms with Gasteiger partial charge in [-0.3, -0.25) is 4.98 Å². The van der Waals surface area contributed by atoms with Gasteiger partial charge in [-0.15, -0.1) is 5.10 Å². The molecule has 5 aliphatic carbocycles. The van der Waals surface area contributed by atoms with Gasteiger partial charge in [0, 0.05) is 29.7 Å². The molecule has 212 valence electrons. The number of anilines is 4. The van der Waals surface area contributed by atoms with Crippen LogP contribution in [0.2, 0.25) is 0 Å². The number of nitrogen functional groups attached to an aromatic ring is 1. The monoisotopic (exact) mass is 549 g/mol. The third-order valence-electron chi connectivity index (χ3n) is 9.90. The molecule has 1 saturated carbocycles. The van der Waals surface area contributed by atoms with Crippen LogP contribution in [0.3, 0.4) is 0 Å². The van der Waals surface area contributed by atoms with Crippen LogP contribution in [0.4, 0.5) is 23.3 Å². The Morgan fingerprint density at radius 1 is 1.00 bits per heavy atom. The number of hydrogen-bond acceptors (Lipinski definition) is 8. The van der Waals surface area contributed by atoms with Crippen molar-refractivity contribution in [3.8, 4) is 5.82 Å². The van der Waals surface area contributed by atoms with E-state index in [0.29, 0.717) is 24.0 Å². The van der Waals surface area contributed by atoms with Crippen molar-refractivity contribution in [2.24, 2.45) is 0 Å². The molecule has 41 heavy (non-hydrogen) atoms. The highest BCUT2D eigenvalue weighted by molar-refractivity contribution is 5.65. The Labute approximate surface area is 241 Å². The van der Waals surface area contributed by atoms with Crippen molar-refractivity contribution in [1.82, 2.24) is 30.0 Å². The summed E-state index contributed by atoms with van der Waals surface area (Å²) in [7, 11) is 0. The first-order chi connectivity index (χ1) is 20.1. The van der Waals surface area contributed by atoms with Crippen LogP contribution in [0, 0.1) is 0 Å². The zero-order valence-corrected chi connectivity index (χ0v) is 23.6. The van der Waals surface area contributed by atoms with Crippen molar-refractivity contribution >= 4 is 23.3 Å². The lowest BCUT2D eigenvalue weighted by atomic mass is 9.65. The fourth-order valence-corrected chi connectivity index (χ4v) is 7.65. The fraction of sp³-hybridized carbons (Fsp3) is 0.500. The normalized spacial score (nSPS) is 25.0. The number of fused-ring (bicyclic) bond motifs is 4. The second kappa shape index (κ2) is 9.98. The van der Waals surface area contributed by atoms with E-state index in [9.17, 15) is 0 Å². The van der Waals surface area contributed by atoms with E-state index in [1.165, 1.54) is 53.8 Å². The third-order valence-corrected chi connectivity index (χ3v) is 9.90. The number of aryl methyl sites for hydroxylation is 2. The molecular formula is C32H39N9. The van der Waals surface area contributed by atoms with Crippen LogP contribution in [0.25, 0.3) is 5.82 Å². The summed E-state index contributed by atoms with van der Waals surface area (Å²) in [4.78, 5) is 14.4. The van der Waals surface area contributed by atoms with E-state index in [1.807, 2.05) is 6.20 Å². The Morgan fingerprint density at radius 2 is 1.93 bits per heavy atom. The molecule has 3 aromatic heterocycles. The molecule has 6 aliphatic rings. The minimum atomic E-state index is -0.0104. The first kappa shape index (κ1) is 25.0. The number of nitrogens with zero attached hydrogens (tertiary/aromatic N) is 5. The lowest BCUT2D eigenvalue weighted by Gasteiger charge is -2.40. The molecule has 2 unspecified atom stereocenters. The van der Waals surface area contributed by atoms with E-state index in [2.05, 4.69) is 51.3 Å². The van der Waals surface area contributed by atoms with Gasteiger partial charge in [0.25, 0.3) is 0 Å². The molecule has 9 nitrogen and oxygen atoms in total. The topological polar surface area (TPSA) is 119 Å². The highest BCUT2D eigenvalue weighted by Crippen LogP contribution is 2.48. The van der Waals surface area contributed by atoms with Crippen molar-refractivity contribution < 1.29 is 0 Å². The van der Waals surface area contributed by atoms with Crippen molar-refractivity contribution in [2.75, 3.05) is 22.9 Å². The average Bonchev–Trinajstić information content (AvgIpc) is 3.66. The minimum absolute atomic E-state index is 0.0104. The van der Waals surface area contributed by atoms with Gasteiger partial charge in [-0.05, 0) is 87.5 Å². The minimum Gasteiger partial charge on any atom is -0.383 e. The largest absolute Gasteiger partial charge is 0.383 e. The molecule has 0 amide bonds. The molecule has 1 aliphatic heterocycles. The van der Waals surface area contributed by atoms with Gasteiger partial charge < -0.3 is 21.7 Å². The number of allylic oxidation sites excluding steroid dienone is 4. The first-order valence-electron chi connectivity index (χ1n) is 15.5. The van der Waals surface area contributed by atoms with Gasteiger partial charge in [0.15, 0.2) is 5.82 Å². The Hall–Kier alpha value is -3.72. The number of nitrogens with one attached hydrogen (secondary N) is 3. The van der Waals surface area contributed by atoms with Gasteiger partial charge in [0.2, 0.25) is 11.9 Å². The molecule has 0 spiro atoms. The Bertz CT molecular complexity index is 1550. The molecule has 0 radical (unpaired) electrons. The van der Waals surface area contributed by atoms with Crippen molar-refractivity contribution in [1.29, 1.82) is 0 Å². The van der Waals surface area contributed by atoms with Crippen molar-refractivity contribution in [2.45, 2.75) is 94.5 Å². The molecule has 3 aromatic rings. The van der Waals surface area contributed by atoms with Gasteiger partial charge in [-0.1, -0.05) is 36.6 Å². The Balaban J connectivity index is 1.06. The van der Waals surface area contributed by atoms with E-state index in [-0.39, 0.29) is 5.41 Å². The van der Waals surface area contributed by atoms with E-state index in [0.717, 1.165) is 75.1 Å². The summed E-state index contributed by atoms with van der Waals surface area (Å²) < 4.78 is 1.68. The second-order valence-corrected chi connectivity index (χ2v) is 12.6. The van der Waals surface area contributed by atoms with E-state index in [4.69, 9.17) is 20.8 Å². The molecule has 5 N–H and O–H groups in total. The molecular weight excluding hydrogens is 510 g/mol. The van der Waals surface area contributed by atoms with E-state index >= 15 is 0 Å². The smallest absolute Gasteiger partial charge is 0.248 e.